The summed E-state index contributed by atoms with van der Waals surface area (Å²) in [5, 5.41) is 13.4. The molecule has 0 atom stereocenters. The summed E-state index contributed by atoms with van der Waals surface area (Å²) in [5.74, 6) is 0. The highest BCUT2D eigenvalue weighted by Gasteiger charge is 2.15. The number of anilines is 2. The Balaban J connectivity index is 1.51. The number of benzene rings is 2. The van der Waals surface area contributed by atoms with Gasteiger partial charge in [-0.25, -0.2) is 9.97 Å². The molecule has 0 saturated heterocycles. The third-order valence-corrected chi connectivity index (χ3v) is 7.34. The molecule has 33 heavy (non-hydrogen) atoms. The average molecular weight is 477 g/mol. The van der Waals surface area contributed by atoms with Gasteiger partial charge in [-0.2, -0.15) is 0 Å². The fourth-order valence-corrected chi connectivity index (χ4v) is 5.37. The van der Waals surface area contributed by atoms with Gasteiger partial charge in [-0.15, -0.1) is 22.7 Å². The first-order valence-corrected chi connectivity index (χ1v) is 13.3. The molecule has 0 unspecified atom stereocenters. The van der Waals surface area contributed by atoms with Crippen molar-refractivity contribution in [3.8, 4) is 22.5 Å². The maximum atomic E-state index is 4.90. The normalized spacial score (nSPS) is 11.2. The second-order valence-corrected chi connectivity index (χ2v) is 10.4. The molecule has 0 aliphatic rings. The molecule has 2 N–H and O–H groups in total. The number of hydrogen-bond donors (Lipinski definition) is 2. The molecule has 0 fully saturated rings. The van der Waals surface area contributed by atoms with Crippen molar-refractivity contribution in [1.82, 2.24) is 9.97 Å². The van der Waals surface area contributed by atoms with Crippen molar-refractivity contribution in [2.75, 3.05) is 10.6 Å². The lowest BCUT2D eigenvalue weighted by atomic mass is 10.0. The van der Waals surface area contributed by atoms with Crippen molar-refractivity contribution in [2.45, 2.75) is 60.0 Å². The van der Waals surface area contributed by atoms with Crippen molar-refractivity contribution in [2.24, 2.45) is 0 Å². The predicted molar refractivity (Wildman–Crippen MR) is 145 cm³/mol. The van der Waals surface area contributed by atoms with Gasteiger partial charge < -0.3 is 10.6 Å². The van der Waals surface area contributed by atoms with Crippen LogP contribution in [0.3, 0.4) is 0 Å². The summed E-state index contributed by atoms with van der Waals surface area (Å²) in [7, 11) is 0. The lowest BCUT2D eigenvalue weighted by molar-refractivity contribution is 0.653. The Labute approximate surface area is 205 Å². The Morgan fingerprint density at radius 2 is 1.24 bits per heavy atom. The molecule has 2 heterocycles. The minimum absolute atomic E-state index is 0.0835. The maximum Gasteiger partial charge on any atom is 0.184 e. The van der Waals surface area contributed by atoms with E-state index in [-0.39, 0.29) is 6.17 Å². The maximum absolute atomic E-state index is 4.90. The third-order valence-electron chi connectivity index (χ3n) is 5.79. The Morgan fingerprint density at radius 1 is 0.758 bits per heavy atom. The highest BCUT2D eigenvalue weighted by Crippen LogP contribution is 2.31. The highest BCUT2D eigenvalue weighted by atomic mass is 32.1. The van der Waals surface area contributed by atoms with Gasteiger partial charge in [-0.1, -0.05) is 48.7 Å². The van der Waals surface area contributed by atoms with Crippen LogP contribution in [0.1, 0.15) is 48.4 Å². The third kappa shape index (κ3) is 5.81. The Hall–Kier alpha value is -2.70. The van der Waals surface area contributed by atoms with E-state index in [0.717, 1.165) is 40.9 Å². The average Bonchev–Trinajstić information content (AvgIpc) is 3.45. The van der Waals surface area contributed by atoms with E-state index >= 15 is 0 Å². The fourth-order valence-electron chi connectivity index (χ4n) is 3.84. The summed E-state index contributed by atoms with van der Waals surface area (Å²) in [4.78, 5) is 9.79. The molecular formula is C27H32N4S2. The minimum atomic E-state index is 0.0835. The number of aromatic nitrogens is 2. The Bertz CT molecular complexity index is 1130. The van der Waals surface area contributed by atoms with Crippen LogP contribution in [-0.4, -0.2) is 16.1 Å². The molecule has 0 aliphatic heterocycles. The van der Waals surface area contributed by atoms with Crippen molar-refractivity contribution in [3.63, 3.8) is 0 Å². The SMILES string of the molecule is CCCCC(Nc1nc(-c2cc(C)ccc2C)cs1)Nc1nc(-c2cc(C)ccc2C)cs1. The first-order valence-electron chi connectivity index (χ1n) is 11.5. The Kier molecular flexibility index (Phi) is 7.46. The number of nitrogens with zero attached hydrogens (tertiary/aromatic N) is 2. The van der Waals surface area contributed by atoms with Crippen LogP contribution in [0.4, 0.5) is 10.3 Å². The molecule has 172 valence electrons. The van der Waals surface area contributed by atoms with E-state index in [9.17, 15) is 0 Å². The summed E-state index contributed by atoms with van der Waals surface area (Å²) in [6.45, 7) is 10.8. The van der Waals surface area contributed by atoms with E-state index in [1.165, 1.54) is 33.4 Å². The van der Waals surface area contributed by atoms with Crippen molar-refractivity contribution in [3.05, 3.63) is 69.4 Å². The monoisotopic (exact) mass is 476 g/mol. The molecule has 0 amide bonds. The highest BCUT2D eigenvalue weighted by molar-refractivity contribution is 7.14. The largest absolute Gasteiger partial charge is 0.341 e. The smallest absolute Gasteiger partial charge is 0.184 e. The molecule has 6 heteroatoms. The second-order valence-electron chi connectivity index (χ2n) is 8.70. The predicted octanol–water partition coefficient (Wildman–Crippen LogP) is 8.21. The number of rotatable bonds is 9. The Morgan fingerprint density at radius 3 is 1.70 bits per heavy atom. The number of aryl methyl sites for hydroxylation is 4. The van der Waals surface area contributed by atoms with Crippen LogP contribution in [0.25, 0.3) is 22.5 Å². The van der Waals surface area contributed by atoms with Crippen LogP contribution in [0.2, 0.25) is 0 Å². The van der Waals surface area contributed by atoms with E-state index < -0.39 is 0 Å². The topological polar surface area (TPSA) is 49.8 Å². The van der Waals surface area contributed by atoms with E-state index in [2.05, 4.69) is 92.4 Å². The number of unbranched alkanes of at least 4 members (excludes halogenated alkanes) is 1. The van der Waals surface area contributed by atoms with E-state index in [1.807, 2.05) is 0 Å². The zero-order chi connectivity index (χ0) is 23.4. The van der Waals surface area contributed by atoms with Gasteiger partial charge in [0.25, 0.3) is 0 Å². The van der Waals surface area contributed by atoms with Gasteiger partial charge >= 0.3 is 0 Å². The molecule has 0 bridgehead atoms. The molecule has 0 radical (unpaired) electrons. The first kappa shape index (κ1) is 23.5. The second kappa shape index (κ2) is 10.5. The fraction of sp³-hybridized carbons (Fsp3) is 0.333. The molecule has 0 aliphatic carbocycles. The van der Waals surface area contributed by atoms with Gasteiger partial charge in [0.1, 0.15) is 6.17 Å². The molecule has 4 rings (SSSR count). The molecule has 4 aromatic rings. The molecule has 0 spiro atoms. The van der Waals surface area contributed by atoms with Crippen LogP contribution < -0.4 is 10.6 Å². The molecule has 4 nitrogen and oxygen atoms in total. The molecular weight excluding hydrogens is 444 g/mol. The zero-order valence-corrected chi connectivity index (χ0v) is 21.7. The quantitative estimate of drug-likeness (QED) is 0.239. The van der Waals surface area contributed by atoms with Gasteiger partial charge in [-0.3, -0.25) is 0 Å². The van der Waals surface area contributed by atoms with E-state index in [1.54, 1.807) is 22.7 Å². The number of thiazole rings is 2. The van der Waals surface area contributed by atoms with E-state index in [4.69, 9.17) is 9.97 Å². The lowest BCUT2D eigenvalue weighted by Crippen LogP contribution is -2.28. The minimum Gasteiger partial charge on any atom is -0.341 e. The van der Waals surface area contributed by atoms with Gasteiger partial charge in [0.15, 0.2) is 10.3 Å². The van der Waals surface area contributed by atoms with Gasteiger partial charge in [-0.05, 0) is 63.8 Å². The standard InChI is InChI=1S/C27H32N4S2/c1-6-7-8-25(30-26-28-23(15-32-26)21-13-17(2)9-11-19(21)4)31-27-29-24(16-33-27)22-14-18(3)10-12-20(22)5/h9-16,25H,6-8H2,1-5H3,(H,28,30)(H,29,31). The van der Waals surface area contributed by atoms with Crippen LogP contribution in [0.15, 0.2) is 47.2 Å². The first-order chi connectivity index (χ1) is 15.9. The number of nitrogens with one attached hydrogen (secondary N) is 2. The van der Waals surface area contributed by atoms with Gasteiger partial charge in [0.05, 0.1) is 11.4 Å². The summed E-state index contributed by atoms with van der Waals surface area (Å²) < 4.78 is 0. The lowest BCUT2D eigenvalue weighted by Gasteiger charge is -2.19. The van der Waals surface area contributed by atoms with Crippen molar-refractivity contribution in [1.29, 1.82) is 0 Å². The van der Waals surface area contributed by atoms with E-state index in [0.29, 0.717) is 0 Å². The van der Waals surface area contributed by atoms with Crippen molar-refractivity contribution < 1.29 is 0 Å². The zero-order valence-electron chi connectivity index (χ0n) is 20.0. The van der Waals surface area contributed by atoms with Crippen LogP contribution in [-0.2, 0) is 0 Å². The van der Waals surface area contributed by atoms with Crippen LogP contribution >= 0.6 is 22.7 Å². The summed E-state index contributed by atoms with van der Waals surface area (Å²) in [5.41, 5.74) is 9.48. The van der Waals surface area contributed by atoms with Crippen molar-refractivity contribution >= 4 is 32.9 Å². The number of hydrogen-bond acceptors (Lipinski definition) is 6. The summed E-state index contributed by atoms with van der Waals surface area (Å²) in [6, 6.07) is 13.1. The van der Waals surface area contributed by atoms with Crippen LogP contribution in [0, 0.1) is 27.7 Å². The molecule has 2 aromatic heterocycles. The molecule has 2 aromatic carbocycles. The van der Waals surface area contributed by atoms with Gasteiger partial charge in [0.2, 0.25) is 0 Å². The molecule has 0 saturated carbocycles. The summed E-state index contributed by atoms with van der Waals surface area (Å²) >= 11 is 3.32. The van der Waals surface area contributed by atoms with Crippen LogP contribution in [0.5, 0.6) is 0 Å². The summed E-state index contributed by atoms with van der Waals surface area (Å²) in [6.07, 6.45) is 3.37. The van der Waals surface area contributed by atoms with Gasteiger partial charge in [0, 0.05) is 21.9 Å².